The lowest BCUT2D eigenvalue weighted by atomic mass is 10.1. The van der Waals surface area contributed by atoms with Gasteiger partial charge in [0.2, 0.25) is 0 Å². The Labute approximate surface area is 132 Å². The van der Waals surface area contributed by atoms with Crippen LogP contribution in [0.25, 0.3) is 6.08 Å². The molecule has 0 aliphatic carbocycles. The van der Waals surface area contributed by atoms with Crippen molar-refractivity contribution in [2.24, 2.45) is 0 Å². The average molecular weight is 317 g/mol. The molecule has 0 bridgehead atoms. The van der Waals surface area contributed by atoms with Gasteiger partial charge < -0.3 is 5.11 Å². The molecule has 0 atom stereocenters. The van der Waals surface area contributed by atoms with Gasteiger partial charge in [0.1, 0.15) is 0 Å². The van der Waals surface area contributed by atoms with Crippen molar-refractivity contribution in [2.75, 3.05) is 6.54 Å². The molecule has 22 heavy (non-hydrogen) atoms. The Morgan fingerprint density at radius 3 is 2.55 bits per heavy atom. The van der Waals surface area contributed by atoms with Crippen molar-refractivity contribution in [1.29, 1.82) is 0 Å². The molecule has 2 rings (SSSR count). The summed E-state index contributed by atoms with van der Waals surface area (Å²) < 4.78 is 0. The third kappa shape index (κ3) is 3.85. The minimum Gasteiger partial charge on any atom is -0.478 e. The van der Waals surface area contributed by atoms with Crippen LogP contribution in [0.5, 0.6) is 0 Å². The smallest absolute Gasteiger partial charge is 0.328 e. The zero-order valence-corrected chi connectivity index (χ0v) is 12.8. The number of aliphatic carboxylic acids is 1. The number of aryl methyl sites for hydroxylation is 1. The van der Waals surface area contributed by atoms with Crippen LogP contribution in [-0.2, 0) is 16.0 Å². The maximum atomic E-state index is 12.2. The van der Waals surface area contributed by atoms with E-state index in [1.165, 1.54) is 11.6 Å². The summed E-state index contributed by atoms with van der Waals surface area (Å²) in [6.07, 6.45) is 4.80. The standard InChI is InChI=1S/C16H15NO4S/c1-2-11-5-7-12(8-6-11)10-13-15(20)17(16(21)22-13)9-3-4-14(18)19/h3-8,10H,2,9H2,1H3,(H,18,19)/b4-3+,13-10-. The number of hydrogen-bond acceptors (Lipinski definition) is 4. The number of carbonyl (C=O) groups excluding carboxylic acids is 2. The van der Waals surface area contributed by atoms with Crippen molar-refractivity contribution in [3.05, 3.63) is 52.4 Å². The summed E-state index contributed by atoms with van der Waals surface area (Å²) in [7, 11) is 0. The molecule has 6 heteroatoms. The SMILES string of the molecule is CCc1ccc(/C=C2\SC(=O)N(C/C=C/C(=O)O)C2=O)cc1. The molecule has 0 aromatic heterocycles. The van der Waals surface area contributed by atoms with Crippen molar-refractivity contribution >= 4 is 35.0 Å². The number of benzene rings is 1. The average Bonchev–Trinajstić information content (AvgIpc) is 2.75. The Bertz CT molecular complexity index is 661. The molecule has 1 fully saturated rings. The van der Waals surface area contributed by atoms with E-state index in [4.69, 9.17) is 5.11 Å². The van der Waals surface area contributed by atoms with Crippen LogP contribution in [0.2, 0.25) is 0 Å². The van der Waals surface area contributed by atoms with Gasteiger partial charge >= 0.3 is 5.97 Å². The number of thioether (sulfide) groups is 1. The highest BCUT2D eigenvalue weighted by Crippen LogP contribution is 2.32. The summed E-state index contributed by atoms with van der Waals surface area (Å²) in [5.41, 5.74) is 2.05. The van der Waals surface area contributed by atoms with Gasteiger partial charge in [-0.3, -0.25) is 14.5 Å². The molecule has 1 heterocycles. The van der Waals surface area contributed by atoms with Gasteiger partial charge in [-0.05, 0) is 35.4 Å². The second-order valence-corrected chi connectivity index (χ2v) is 5.62. The largest absolute Gasteiger partial charge is 0.478 e. The summed E-state index contributed by atoms with van der Waals surface area (Å²) >= 11 is 0.863. The molecule has 114 valence electrons. The predicted molar refractivity (Wildman–Crippen MR) is 85.3 cm³/mol. The van der Waals surface area contributed by atoms with Crippen molar-refractivity contribution in [3.8, 4) is 0 Å². The Hall–Kier alpha value is -2.34. The predicted octanol–water partition coefficient (Wildman–Crippen LogP) is 2.93. The fourth-order valence-corrected chi connectivity index (χ4v) is 2.77. The highest BCUT2D eigenvalue weighted by atomic mass is 32.2. The van der Waals surface area contributed by atoms with E-state index in [9.17, 15) is 14.4 Å². The van der Waals surface area contributed by atoms with Crippen LogP contribution >= 0.6 is 11.8 Å². The van der Waals surface area contributed by atoms with Crippen molar-refractivity contribution < 1.29 is 19.5 Å². The van der Waals surface area contributed by atoms with E-state index in [1.54, 1.807) is 6.08 Å². The lowest BCUT2D eigenvalue weighted by Gasteiger charge is -2.08. The molecule has 1 aliphatic rings. The Balaban J connectivity index is 2.12. The first-order valence-corrected chi connectivity index (χ1v) is 7.56. The molecule has 1 N–H and O–H groups in total. The minimum atomic E-state index is -1.11. The monoisotopic (exact) mass is 317 g/mol. The van der Waals surface area contributed by atoms with Crippen LogP contribution < -0.4 is 0 Å². The van der Waals surface area contributed by atoms with Gasteiger partial charge in [-0.2, -0.15) is 0 Å². The van der Waals surface area contributed by atoms with Gasteiger partial charge in [-0.1, -0.05) is 37.3 Å². The van der Waals surface area contributed by atoms with Crippen molar-refractivity contribution in [3.63, 3.8) is 0 Å². The quantitative estimate of drug-likeness (QED) is 0.845. The third-order valence-corrected chi connectivity index (χ3v) is 4.02. The van der Waals surface area contributed by atoms with E-state index in [1.807, 2.05) is 24.3 Å². The summed E-state index contributed by atoms with van der Waals surface area (Å²) in [6.45, 7) is 2.02. The molecule has 1 aromatic rings. The molecule has 0 spiro atoms. The van der Waals surface area contributed by atoms with E-state index in [0.29, 0.717) is 4.91 Å². The summed E-state index contributed by atoms with van der Waals surface area (Å²) in [4.78, 5) is 35.7. The molecule has 1 aliphatic heterocycles. The van der Waals surface area contributed by atoms with E-state index in [2.05, 4.69) is 6.92 Å². The van der Waals surface area contributed by atoms with Gasteiger partial charge in [0.25, 0.3) is 11.1 Å². The van der Waals surface area contributed by atoms with E-state index in [-0.39, 0.29) is 6.54 Å². The lowest BCUT2D eigenvalue weighted by molar-refractivity contribution is -0.131. The number of hydrogen-bond donors (Lipinski definition) is 1. The molecule has 2 amide bonds. The van der Waals surface area contributed by atoms with Crippen LogP contribution in [0.1, 0.15) is 18.1 Å². The molecule has 0 unspecified atom stereocenters. The van der Waals surface area contributed by atoms with Gasteiger partial charge in [0, 0.05) is 12.6 Å². The van der Waals surface area contributed by atoms with Crippen LogP contribution in [-0.4, -0.2) is 33.7 Å². The third-order valence-electron chi connectivity index (χ3n) is 3.11. The molecule has 0 saturated carbocycles. The van der Waals surface area contributed by atoms with Gasteiger partial charge in [-0.15, -0.1) is 0 Å². The molecule has 5 nitrogen and oxygen atoms in total. The first kappa shape index (κ1) is 16.0. The van der Waals surface area contributed by atoms with E-state index < -0.39 is 17.1 Å². The normalized spacial score (nSPS) is 17.0. The first-order chi connectivity index (χ1) is 10.5. The number of amides is 2. The number of carboxylic acids is 1. The fourth-order valence-electron chi connectivity index (χ4n) is 1.92. The van der Waals surface area contributed by atoms with Crippen molar-refractivity contribution in [1.82, 2.24) is 4.90 Å². The number of carboxylic acid groups (broad SMARTS) is 1. The molecule has 1 aromatic carbocycles. The molecular weight excluding hydrogens is 302 g/mol. The Morgan fingerprint density at radius 1 is 1.27 bits per heavy atom. The summed E-state index contributed by atoms with van der Waals surface area (Å²) in [5, 5.41) is 8.12. The highest BCUT2D eigenvalue weighted by Gasteiger charge is 2.34. The van der Waals surface area contributed by atoms with Gasteiger partial charge in [0.05, 0.1) is 4.91 Å². The second kappa shape index (κ2) is 7.09. The fraction of sp³-hybridized carbons (Fsp3) is 0.188. The molecule has 0 radical (unpaired) electrons. The topological polar surface area (TPSA) is 74.7 Å². The number of imide groups is 1. The Kier molecular flexibility index (Phi) is 5.16. The summed E-state index contributed by atoms with van der Waals surface area (Å²) in [6, 6.07) is 7.76. The highest BCUT2D eigenvalue weighted by molar-refractivity contribution is 8.18. The Morgan fingerprint density at radius 2 is 1.95 bits per heavy atom. The zero-order chi connectivity index (χ0) is 16.1. The van der Waals surface area contributed by atoms with Gasteiger partial charge in [-0.25, -0.2) is 4.79 Å². The number of nitrogens with zero attached hydrogens (tertiary/aromatic N) is 1. The summed E-state index contributed by atoms with van der Waals surface area (Å²) in [5.74, 6) is -1.51. The lowest BCUT2D eigenvalue weighted by Crippen LogP contribution is -2.28. The van der Waals surface area contributed by atoms with Crippen LogP contribution in [0.4, 0.5) is 4.79 Å². The molecule has 1 saturated heterocycles. The van der Waals surface area contributed by atoms with Crippen molar-refractivity contribution in [2.45, 2.75) is 13.3 Å². The van der Waals surface area contributed by atoms with E-state index in [0.717, 1.165) is 34.7 Å². The van der Waals surface area contributed by atoms with E-state index >= 15 is 0 Å². The zero-order valence-electron chi connectivity index (χ0n) is 12.0. The minimum absolute atomic E-state index is 0.0386. The first-order valence-electron chi connectivity index (χ1n) is 6.75. The maximum Gasteiger partial charge on any atom is 0.328 e. The van der Waals surface area contributed by atoms with Crippen LogP contribution in [0.3, 0.4) is 0 Å². The second-order valence-electron chi connectivity index (χ2n) is 4.63. The molecular formula is C16H15NO4S. The number of rotatable bonds is 5. The van der Waals surface area contributed by atoms with Crippen LogP contribution in [0, 0.1) is 0 Å². The van der Waals surface area contributed by atoms with Crippen LogP contribution in [0.15, 0.2) is 41.3 Å². The maximum absolute atomic E-state index is 12.2. The van der Waals surface area contributed by atoms with Gasteiger partial charge in [0.15, 0.2) is 0 Å². The number of carbonyl (C=O) groups is 3.